The summed E-state index contributed by atoms with van der Waals surface area (Å²) in [6, 6.07) is 19.8. The van der Waals surface area contributed by atoms with Crippen molar-refractivity contribution in [1.29, 1.82) is 0 Å². The third-order valence-corrected chi connectivity index (χ3v) is 8.19. The zero-order chi connectivity index (χ0) is 33.9. The van der Waals surface area contributed by atoms with E-state index in [1.54, 1.807) is 0 Å². The predicted octanol–water partition coefficient (Wildman–Crippen LogP) is 3.50. The molecule has 2 aromatic carbocycles. The Bertz CT molecular complexity index is 1370. The second-order valence-electron chi connectivity index (χ2n) is 11.6. The van der Waals surface area contributed by atoms with E-state index in [-0.39, 0.29) is 23.8 Å². The smallest absolute Gasteiger partial charge is 0.303 e. The Morgan fingerprint density at radius 2 is 1.30 bits per heavy atom. The van der Waals surface area contributed by atoms with Crippen molar-refractivity contribution >= 4 is 41.2 Å². The molecule has 2 N–H and O–H groups in total. The van der Waals surface area contributed by atoms with Gasteiger partial charge in [-0.2, -0.15) is 0 Å². The first-order chi connectivity index (χ1) is 22.5. The molecule has 13 heteroatoms. The number of nitrogens with one attached hydrogen (secondary N) is 2. The van der Waals surface area contributed by atoms with E-state index in [0.29, 0.717) is 0 Å². The summed E-state index contributed by atoms with van der Waals surface area (Å²) in [5.41, 5.74) is 2.11. The highest BCUT2D eigenvalue weighted by atomic mass is 32.1. The molecule has 4 rings (SSSR count). The van der Waals surface area contributed by atoms with Gasteiger partial charge in [0.25, 0.3) is 0 Å². The van der Waals surface area contributed by atoms with Crippen LogP contribution in [-0.2, 0) is 42.9 Å². The fourth-order valence-corrected chi connectivity index (χ4v) is 6.37. The summed E-state index contributed by atoms with van der Waals surface area (Å²) in [4.78, 5) is 50.8. The van der Waals surface area contributed by atoms with E-state index in [2.05, 4.69) is 27.7 Å². The van der Waals surface area contributed by atoms with Gasteiger partial charge in [-0.1, -0.05) is 67.1 Å². The number of carbonyl (C=O) groups excluding carboxylic acids is 4. The number of esters is 4. The van der Waals surface area contributed by atoms with Gasteiger partial charge in [-0.25, -0.2) is 0 Å². The third kappa shape index (κ3) is 10.2. The minimum Gasteiger partial charge on any atom is -0.463 e. The largest absolute Gasteiger partial charge is 0.463 e. The molecule has 0 radical (unpaired) electrons. The number of nitrogens with zero attached hydrogens (tertiary/aromatic N) is 1. The molecule has 7 atom stereocenters. The first-order valence-electron chi connectivity index (χ1n) is 15.7. The molecule has 2 heterocycles. The second-order valence-corrected chi connectivity index (χ2v) is 12.0. The van der Waals surface area contributed by atoms with E-state index in [1.165, 1.54) is 34.1 Å². The summed E-state index contributed by atoms with van der Waals surface area (Å²) in [5.74, 6) is -2.71. The third-order valence-electron chi connectivity index (χ3n) is 7.95. The average Bonchev–Trinajstić information content (AvgIpc) is 3.03. The topological polar surface area (TPSA) is 142 Å². The Morgan fingerprint density at radius 1 is 0.766 bits per heavy atom. The highest BCUT2D eigenvalue weighted by Gasteiger charge is 2.52. The second kappa shape index (κ2) is 17.2. The number of carbonyl (C=O) groups is 4. The van der Waals surface area contributed by atoms with Gasteiger partial charge in [0.1, 0.15) is 12.7 Å². The molecule has 47 heavy (non-hydrogen) atoms. The maximum absolute atomic E-state index is 12.3. The molecular weight excluding hydrogens is 626 g/mol. The number of hydrogen-bond donors (Lipinski definition) is 2. The van der Waals surface area contributed by atoms with Crippen molar-refractivity contribution in [2.24, 2.45) is 0 Å². The lowest BCUT2D eigenvalue weighted by molar-refractivity contribution is -0.255. The van der Waals surface area contributed by atoms with Crippen molar-refractivity contribution in [2.45, 2.75) is 89.7 Å². The quantitative estimate of drug-likeness (QED) is 0.205. The van der Waals surface area contributed by atoms with Crippen LogP contribution in [0.5, 0.6) is 0 Å². The number of likely N-dealkylation sites (tertiary alicyclic amines) is 1. The lowest BCUT2D eigenvalue weighted by Gasteiger charge is -2.45. The summed E-state index contributed by atoms with van der Waals surface area (Å²) in [7, 11) is 0. The van der Waals surface area contributed by atoms with Gasteiger partial charge in [0, 0.05) is 27.7 Å². The minimum absolute atomic E-state index is 0.0888. The van der Waals surface area contributed by atoms with Gasteiger partial charge in [0.05, 0.1) is 12.1 Å². The van der Waals surface area contributed by atoms with E-state index in [4.69, 9.17) is 35.9 Å². The predicted molar refractivity (Wildman–Crippen MR) is 175 cm³/mol. The van der Waals surface area contributed by atoms with E-state index >= 15 is 0 Å². The van der Waals surface area contributed by atoms with Crippen LogP contribution in [-0.4, -0.2) is 84.2 Å². The van der Waals surface area contributed by atoms with E-state index < -0.39 is 54.5 Å². The molecule has 0 spiro atoms. The van der Waals surface area contributed by atoms with Gasteiger partial charge < -0.3 is 34.3 Å². The molecule has 12 nitrogen and oxygen atoms in total. The van der Waals surface area contributed by atoms with Gasteiger partial charge in [0.2, 0.25) is 0 Å². The Kier molecular flexibility index (Phi) is 13.1. The lowest BCUT2D eigenvalue weighted by Crippen LogP contribution is -2.67. The van der Waals surface area contributed by atoms with E-state index in [0.717, 1.165) is 37.1 Å². The minimum atomic E-state index is -1.31. The number of thiocarbonyl (C=S) groups is 1. The molecule has 0 aromatic heterocycles. The Labute approximate surface area is 280 Å². The lowest BCUT2D eigenvalue weighted by atomic mass is 9.90. The molecule has 2 fully saturated rings. The zero-order valence-corrected chi connectivity index (χ0v) is 27.9. The van der Waals surface area contributed by atoms with Crippen LogP contribution in [0.4, 0.5) is 0 Å². The first kappa shape index (κ1) is 35.8. The number of ether oxygens (including phenoxy) is 5. The highest BCUT2D eigenvalue weighted by molar-refractivity contribution is 7.80. The summed E-state index contributed by atoms with van der Waals surface area (Å²) >= 11 is 5.88. The van der Waals surface area contributed by atoms with Gasteiger partial charge in [0.15, 0.2) is 29.7 Å². The molecule has 0 aliphatic carbocycles. The summed E-state index contributed by atoms with van der Waals surface area (Å²) < 4.78 is 28.1. The summed E-state index contributed by atoms with van der Waals surface area (Å²) in [6.07, 6.45) is -2.84. The molecule has 5 unspecified atom stereocenters. The van der Waals surface area contributed by atoms with Crippen LogP contribution in [0.3, 0.4) is 0 Å². The molecule has 2 saturated heterocycles. The first-order valence-corrected chi connectivity index (χ1v) is 16.2. The maximum atomic E-state index is 12.3. The molecule has 0 saturated carbocycles. The number of piperidine rings is 1. The molecule has 2 aliphatic rings. The van der Waals surface area contributed by atoms with Crippen molar-refractivity contribution in [1.82, 2.24) is 15.5 Å². The van der Waals surface area contributed by atoms with Crippen molar-refractivity contribution in [3.63, 3.8) is 0 Å². The molecule has 254 valence electrons. The van der Waals surface area contributed by atoms with Crippen LogP contribution < -0.4 is 10.6 Å². The van der Waals surface area contributed by atoms with Crippen LogP contribution in [0.1, 0.15) is 70.2 Å². The zero-order valence-electron chi connectivity index (χ0n) is 27.1. The van der Waals surface area contributed by atoms with Crippen molar-refractivity contribution < 1.29 is 42.9 Å². The van der Waals surface area contributed by atoms with Crippen molar-refractivity contribution in [3.8, 4) is 0 Å². The van der Waals surface area contributed by atoms with Crippen LogP contribution in [0.15, 0.2) is 60.7 Å². The Morgan fingerprint density at radius 3 is 1.85 bits per heavy atom. The standard InChI is InChI=1S/C34H43N3O9S/c1-21(38)42-20-27-30(43-22(2)39)31(44-23(3)40)32(45-24(4)41)33(46-27)36-34(47)35-28(25-14-8-5-9-15-25)29(26-16-10-6-11-17-26)37-18-12-7-13-19-37/h5-6,8-11,14-17,27-33H,7,12-13,18-20H2,1-4H3,(H2,35,36,47)/t27?,28-,29-,30?,31?,32?,33?/m1/s1. The summed E-state index contributed by atoms with van der Waals surface area (Å²) in [5, 5.41) is 6.77. The van der Waals surface area contributed by atoms with Gasteiger partial charge in [-0.15, -0.1) is 0 Å². The van der Waals surface area contributed by atoms with E-state index in [9.17, 15) is 19.2 Å². The Hall–Kier alpha value is -4.07. The van der Waals surface area contributed by atoms with Gasteiger partial charge in [-0.3, -0.25) is 24.1 Å². The SMILES string of the molecule is CC(=O)OCC1OC(NC(=S)N[C@H](c2ccccc2)[C@@H](c2ccccc2)N2CCCCC2)C(OC(C)=O)C(OC(C)=O)C1OC(C)=O. The highest BCUT2D eigenvalue weighted by Crippen LogP contribution is 2.36. The van der Waals surface area contributed by atoms with Gasteiger partial charge >= 0.3 is 23.9 Å². The monoisotopic (exact) mass is 669 g/mol. The molecule has 0 amide bonds. The molecule has 2 aromatic rings. The number of rotatable bonds is 11. The molecular formula is C34H43N3O9S. The fourth-order valence-electron chi connectivity index (χ4n) is 6.12. The number of hydrogen-bond acceptors (Lipinski definition) is 11. The normalized spacial score (nSPS) is 24.1. The van der Waals surface area contributed by atoms with Crippen LogP contribution in [0.2, 0.25) is 0 Å². The number of benzene rings is 2. The molecule has 0 bridgehead atoms. The molecule has 2 aliphatic heterocycles. The fraction of sp³-hybridized carbons (Fsp3) is 0.500. The van der Waals surface area contributed by atoms with Crippen molar-refractivity contribution in [2.75, 3.05) is 19.7 Å². The van der Waals surface area contributed by atoms with E-state index in [1.807, 2.05) is 48.5 Å². The maximum Gasteiger partial charge on any atom is 0.303 e. The van der Waals surface area contributed by atoms with Crippen LogP contribution >= 0.6 is 12.2 Å². The van der Waals surface area contributed by atoms with Crippen LogP contribution in [0.25, 0.3) is 0 Å². The van der Waals surface area contributed by atoms with Gasteiger partial charge in [-0.05, 0) is 49.3 Å². The Balaban J connectivity index is 1.69. The van der Waals surface area contributed by atoms with Crippen LogP contribution in [0, 0.1) is 0 Å². The van der Waals surface area contributed by atoms with Crippen molar-refractivity contribution in [3.05, 3.63) is 71.8 Å². The summed E-state index contributed by atoms with van der Waals surface area (Å²) in [6.45, 7) is 6.27. The average molecular weight is 670 g/mol.